The average molecular weight is 312 g/mol. The fourth-order valence-corrected chi connectivity index (χ4v) is 2.83. The van der Waals surface area contributed by atoms with E-state index < -0.39 is 0 Å². The maximum absolute atomic E-state index is 4.24. The van der Waals surface area contributed by atoms with E-state index in [1.54, 1.807) is 0 Å². The molecule has 0 spiro atoms. The van der Waals surface area contributed by atoms with Crippen molar-refractivity contribution in [2.75, 3.05) is 19.6 Å². The van der Waals surface area contributed by atoms with Crippen molar-refractivity contribution in [1.82, 2.24) is 15.2 Å². The first-order valence-corrected chi connectivity index (χ1v) is 7.49. The molecule has 1 fully saturated rings. The molecular weight excluding hydrogens is 290 g/mol. The molecule has 1 atom stereocenters. The first-order chi connectivity index (χ1) is 8.65. The molecule has 18 heavy (non-hydrogen) atoms. The SMILES string of the molecule is CC(C)C1CN(Cc2cncc(Br)c2)CCCN1. The average Bonchev–Trinajstić information content (AvgIpc) is 2.55. The van der Waals surface area contributed by atoms with Gasteiger partial charge in [-0.05, 0) is 53.0 Å². The van der Waals surface area contributed by atoms with E-state index in [2.05, 4.69) is 51.0 Å². The monoisotopic (exact) mass is 311 g/mol. The number of aromatic nitrogens is 1. The van der Waals surface area contributed by atoms with E-state index in [1.807, 2.05) is 12.4 Å². The normalized spacial score (nSPS) is 22.1. The lowest BCUT2D eigenvalue weighted by Gasteiger charge is -2.26. The fraction of sp³-hybridized carbons (Fsp3) is 0.643. The molecule has 100 valence electrons. The summed E-state index contributed by atoms with van der Waals surface area (Å²) in [5.41, 5.74) is 1.29. The summed E-state index contributed by atoms with van der Waals surface area (Å²) in [4.78, 5) is 6.77. The summed E-state index contributed by atoms with van der Waals surface area (Å²) in [5, 5.41) is 3.64. The van der Waals surface area contributed by atoms with Gasteiger partial charge in [0.15, 0.2) is 0 Å². The summed E-state index contributed by atoms with van der Waals surface area (Å²) < 4.78 is 1.06. The molecule has 1 aromatic rings. The number of halogens is 1. The summed E-state index contributed by atoms with van der Waals surface area (Å²) in [7, 11) is 0. The van der Waals surface area contributed by atoms with Crippen LogP contribution in [0.5, 0.6) is 0 Å². The molecule has 0 aromatic carbocycles. The van der Waals surface area contributed by atoms with E-state index in [-0.39, 0.29) is 0 Å². The molecule has 0 saturated carbocycles. The van der Waals surface area contributed by atoms with Crippen molar-refractivity contribution in [2.24, 2.45) is 5.92 Å². The van der Waals surface area contributed by atoms with Crippen LogP contribution in [0.4, 0.5) is 0 Å². The molecule has 4 heteroatoms. The minimum Gasteiger partial charge on any atom is -0.312 e. The summed E-state index contributed by atoms with van der Waals surface area (Å²) in [6.45, 7) is 9.02. The third-order valence-electron chi connectivity index (χ3n) is 3.48. The van der Waals surface area contributed by atoms with Crippen LogP contribution in [0.25, 0.3) is 0 Å². The Bertz CT molecular complexity index is 381. The zero-order valence-corrected chi connectivity index (χ0v) is 12.8. The van der Waals surface area contributed by atoms with Gasteiger partial charge in [-0.15, -0.1) is 0 Å². The molecular formula is C14H22BrN3. The van der Waals surface area contributed by atoms with Gasteiger partial charge < -0.3 is 5.32 Å². The first kappa shape index (κ1) is 14.0. The smallest absolute Gasteiger partial charge is 0.0410 e. The lowest BCUT2D eigenvalue weighted by Crippen LogP contribution is -2.41. The number of nitrogens with zero attached hydrogens (tertiary/aromatic N) is 2. The van der Waals surface area contributed by atoms with E-state index in [0.29, 0.717) is 12.0 Å². The van der Waals surface area contributed by atoms with Crippen molar-refractivity contribution in [1.29, 1.82) is 0 Å². The van der Waals surface area contributed by atoms with Gasteiger partial charge in [0.1, 0.15) is 0 Å². The van der Waals surface area contributed by atoms with Gasteiger partial charge in [-0.1, -0.05) is 13.8 Å². The van der Waals surface area contributed by atoms with Crippen molar-refractivity contribution in [2.45, 2.75) is 32.9 Å². The largest absolute Gasteiger partial charge is 0.312 e. The summed E-state index contributed by atoms with van der Waals surface area (Å²) >= 11 is 3.48. The van der Waals surface area contributed by atoms with Gasteiger partial charge in [0.05, 0.1) is 0 Å². The second-order valence-electron chi connectivity index (χ2n) is 5.40. The zero-order valence-electron chi connectivity index (χ0n) is 11.2. The van der Waals surface area contributed by atoms with E-state index in [1.165, 1.54) is 18.5 Å². The molecule has 1 aliphatic rings. The predicted molar refractivity (Wildman–Crippen MR) is 78.5 cm³/mol. The molecule has 3 nitrogen and oxygen atoms in total. The molecule has 1 aromatic heterocycles. The summed E-state index contributed by atoms with van der Waals surface area (Å²) in [6.07, 6.45) is 5.03. The van der Waals surface area contributed by atoms with Crippen LogP contribution < -0.4 is 5.32 Å². The molecule has 0 radical (unpaired) electrons. The van der Waals surface area contributed by atoms with Gasteiger partial charge in [-0.25, -0.2) is 0 Å². The highest BCUT2D eigenvalue weighted by Crippen LogP contribution is 2.14. The van der Waals surface area contributed by atoms with Crippen molar-refractivity contribution in [3.63, 3.8) is 0 Å². The highest BCUT2D eigenvalue weighted by atomic mass is 79.9. The number of hydrogen-bond donors (Lipinski definition) is 1. The Morgan fingerprint density at radius 3 is 3.06 bits per heavy atom. The number of rotatable bonds is 3. The Hall–Kier alpha value is -0.450. The lowest BCUT2D eigenvalue weighted by atomic mass is 10.0. The van der Waals surface area contributed by atoms with Crippen LogP contribution >= 0.6 is 15.9 Å². The van der Waals surface area contributed by atoms with Crippen molar-refractivity contribution in [3.05, 3.63) is 28.5 Å². The number of hydrogen-bond acceptors (Lipinski definition) is 3. The first-order valence-electron chi connectivity index (χ1n) is 6.70. The second kappa shape index (κ2) is 6.64. The van der Waals surface area contributed by atoms with Gasteiger partial charge in [-0.2, -0.15) is 0 Å². The van der Waals surface area contributed by atoms with Crippen molar-refractivity contribution >= 4 is 15.9 Å². The fourth-order valence-electron chi connectivity index (χ4n) is 2.41. The molecule has 1 unspecified atom stereocenters. The van der Waals surface area contributed by atoms with Gasteiger partial charge in [0, 0.05) is 36.0 Å². The van der Waals surface area contributed by atoms with E-state index in [4.69, 9.17) is 0 Å². The minimum absolute atomic E-state index is 0.604. The minimum atomic E-state index is 0.604. The van der Waals surface area contributed by atoms with Gasteiger partial charge in [-0.3, -0.25) is 9.88 Å². The van der Waals surface area contributed by atoms with Crippen LogP contribution in [0.1, 0.15) is 25.8 Å². The van der Waals surface area contributed by atoms with Crippen LogP contribution in [0, 0.1) is 5.92 Å². The Labute approximate surface area is 118 Å². The molecule has 0 amide bonds. The quantitative estimate of drug-likeness (QED) is 0.930. The van der Waals surface area contributed by atoms with Crippen LogP contribution in [0.2, 0.25) is 0 Å². The molecule has 1 saturated heterocycles. The standard InChI is InChI=1S/C14H22BrN3/c1-11(2)14-10-18(5-3-4-17-14)9-12-6-13(15)8-16-7-12/h6-8,11,14,17H,3-5,9-10H2,1-2H3. The van der Waals surface area contributed by atoms with Gasteiger partial charge >= 0.3 is 0 Å². The summed E-state index contributed by atoms with van der Waals surface area (Å²) in [6, 6.07) is 2.77. The molecule has 1 aliphatic heterocycles. The third kappa shape index (κ3) is 4.04. The molecule has 0 bridgehead atoms. The number of nitrogens with one attached hydrogen (secondary N) is 1. The Kier molecular flexibility index (Phi) is 5.15. The van der Waals surface area contributed by atoms with Gasteiger partial charge in [0.2, 0.25) is 0 Å². The van der Waals surface area contributed by atoms with Crippen LogP contribution in [0.3, 0.4) is 0 Å². The topological polar surface area (TPSA) is 28.2 Å². The predicted octanol–water partition coefficient (Wildman–Crippen LogP) is 2.66. The van der Waals surface area contributed by atoms with Crippen molar-refractivity contribution < 1.29 is 0 Å². The van der Waals surface area contributed by atoms with E-state index >= 15 is 0 Å². The van der Waals surface area contributed by atoms with E-state index in [0.717, 1.165) is 24.1 Å². The maximum Gasteiger partial charge on any atom is 0.0410 e. The molecule has 0 aliphatic carbocycles. The highest BCUT2D eigenvalue weighted by Gasteiger charge is 2.20. The molecule has 2 rings (SSSR count). The highest BCUT2D eigenvalue weighted by molar-refractivity contribution is 9.10. The zero-order chi connectivity index (χ0) is 13.0. The lowest BCUT2D eigenvalue weighted by molar-refractivity contribution is 0.238. The summed E-state index contributed by atoms with van der Waals surface area (Å²) in [5.74, 6) is 0.686. The number of pyridine rings is 1. The van der Waals surface area contributed by atoms with Crippen LogP contribution in [0.15, 0.2) is 22.9 Å². The Morgan fingerprint density at radius 2 is 2.33 bits per heavy atom. The Balaban J connectivity index is 1.99. The Morgan fingerprint density at radius 1 is 1.50 bits per heavy atom. The molecule has 1 N–H and O–H groups in total. The van der Waals surface area contributed by atoms with E-state index in [9.17, 15) is 0 Å². The maximum atomic E-state index is 4.24. The third-order valence-corrected chi connectivity index (χ3v) is 3.92. The van der Waals surface area contributed by atoms with Crippen LogP contribution in [-0.2, 0) is 6.54 Å². The van der Waals surface area contributed by atoms with Crippen LogP contribution in [-0.4, -0.2) is 35.6 Å². The molecule has 2 heterocycles. The van der Waals surface area contributed by atoms with Gasteiger partial charge in [0.25, 0.3) is 0 Å². The van der Waals surface area contributed by atoms with Crippen molar-refractivity contribution in [3.8, 4) is 0 Å². The second-order valence-corrected chi connectivity index (χ2v) is 6.32.